The second-order valence-electron chi connectivity index (χ2n) is 3.70. The summed E-state index contributed by atoms with van der Waals surface area (Å²) in [6.07, 6.45) is 1.90. The molecule has 16 heavy (non-hydrogen) atoms. The number of sulfone groups is 1. The third-order valence-electron chi connectivity index (χ3n) is 2.16. The molecule has 0 aliphatic heterocycles. The normalized spacial score (nSPS) is 13.9. The molecule has 0 fully saturated rings. The van der Waals surface area contributed by atoms with Crippen molar-refractivity contribution in [1.82, 2.24) is 5.32 Å². The van der Waals surface area contributed by atoms with Crippen molar-refractivity contribution in [1.29, 1.82) is 0 Å². The molecule has 0 saturated carbocycles. The largest absolute Gasteiger partial charge is 0.309 e. The molecule has 0 amide bonds. The molecule has 0 aliphatic carbocycles. The number of thiophene rings is 1. The maximum Gasteiger partial charge on any atom is 0.147 e. The maximum atomic E-state index is 11.1. The Bertz CT molecular complexity index is 428. The van der Waals surface area contributed by atoms with Crippen molar-refractivity contribution in [3.8, 4) is 0 Å². The average molecular weight is 326 g/mol. The van der Waals surface area contributed by atoms with Gasteiger partial charge in [-0.05, 0) is 35.0 Å². The van der Waals surface area contributed by atoms with Crippen molar-refractivity contribution in [3.05, 3.63) is 20.8 Å². The highest BCUT2D eigenvalue weighted by Gasteiger charge is 2.15. The molecule has 3 nitrogen and oxygen atoms in total. The summed E-state index contributed by atoms with van der Waals surface area (Å²) in [6.45, 7) is 2.86. The predicted octanol–water partition coefficient (Wildman–Crippen LogP) is 2.60. The number of halogens is 1. The van der Waals surface area contributed by atoms with E-state index in [4.69, 9.17) is 0 Å². The van der Waals surface area contributed by atoms with E-state index >= 15 is 0 Å². The van der Waals surface area contributed by atoms with Crippen molar-refractivity contribution in [3.63, 3.8) is 0 Å². The molecule has 0 aromatic carbocycles. The molecule has 0 spiro atoms. The minimum Gasteiger partial charge on any atom is -0.309 e. The van der Waals surface area contributed by atoms with Gasteiger partial charge in [-0.15, -0.1) is 11.3 Å². The van der Waals surface area contributed by atoms with Crippen LogP contribution in [0.15, 0.2) is 15.9 Å². The van der Waals surface area contributed by atoms with Gasteiger partial charge in [-0.1, -0.05) is 6.92 Å². The molecule has 0 aliphatic rings. The lowest BCUT2D eigenvalue weighted by Gasteiger charge is -2.15. The fraction of sp³-hybridized carbons (Fsp3) is 0.600. The van der Waals surface area contributed by atoms with Gasteiger partial charge >= 0.3 is 0 Å². The molecule has 1 aromatic heterocycles. The number of nitrogens with one attached hydrogen (secondary N) is 1. The average Bonchev–Trinajstić information content (AvgIpc) is 2.57. The lowest BCUT2D eigenvalue weighted by Crippen LogP contribution is -2.22. The summed E-state index contributed by atoms with van der Waals surface area (Å²) in [5, 5.41) is 5.32. The summed E-state index contributed by atoms with van der Waals surface area (Å²) in [5.41, 5.74) is 0. The predicted molar refractivity (Wildman–Crippen MR) is 72.8 cm³/mol. The Morgan fingerprint density at radius 3 is 2.69 bits per heavy atom. The van der Waals surface area contributed by atoms with Crippen molar-refractivity contribution < 1.29 is 8.42 Å². The van der Waals surface area contributed by atoms with Crippen LogP contribution in [0.5, 0.6) is 0 Å². The van der Waals surface area contributed by atoms with E-state index in [2.05, 4.69) is 21.2 Å². The fourth-order valence-electron chi connectivity index (χ4n) is 1.43. The Labute approximate surface area is 109 Å². The number of rotatable bonds is 6. The fourth-order valence-corrected chi connectivity index (χ4v) is 3.65. The minimum absolute atomic E-state index is 0.135. The zero-order chi connectivity index (χ0) is 12.2. The van der Waals surface area contributed by atoms with Gasteiger partial charge in [0.05, 0.1) is 5.75 Å². The zero-order valence-electron chi connectivity index (χ0n) is 9.36. The number of hydrogen-bond donors (Lipinski definition) is 1. The van der Waals surface area contributed by atoms with Crippen LogP contribution in [0.2, 0.25) is 0 Å². The molecule has 1 unspecified atom stereocenters. The zero-order valence-corrected chi connectivity index (χ0v) is 12.6. The first kappa shape index (κ1) is 14.2. The highest BCUT2D eigenvalue weighted by molar-refractivity contribution is 9.10. The van der Waals surface area contributed by atoms with Crippen molar-refractivity contribution in [2.45, 2.75) is 19.4 Å². The Morgan fingerprint density at radius 1 is 1.56 bits per heavy atom. The monoisotopic (exact) mass is 325 g/mol. The van der Waals surface area contributed by atoms with Crippen molar-refractivity contribution in [2.75, 3.05) is 18.6 Å². The number of hydrogen-bond acceptors (Lipinski definition) is 4. The molecule has 1 rings (SSSR count). The Balaban J connectivity index is 2.68. The van der Waals surface area contributed by atoms with E-state index in [1.807, 2.05) is 18.4 Å². The van der Waals surface area contributed by atoms with Gasteiger partial charge in [-0.2, -0.15) is 0 Å². The maximum absolute atomic E-state index is 11.1. The van der Waals surface area contributed by atoms with E-state index in [-0.39, 0.29) is 11.8 Å². The van der Waals surface area contributed by atoms with E-state index in [1.54, 1.807) is 11.3 Å². The third-order valence-corrected chi connectivity index (χ3v) is 4.94. The summed E-state index contributed by atoms with van der Waals surface area (Å²) < 4.78 is 23.3. The Kier molecular flexibility index (Phi) is 5.43. The molecule has 0 saturated heterocycles. The molecule has 1 aromatic rings. The van der Waals surface area contributed by atoms with Crippen LogP contribution in [-0.4, -0.2) is 27.0 Å². The molecule has 1 N–H and O–H groups in total. The molecular formula is C10H16BrNO2S2. The van der Waals surface area contributed by atoms with Gasteiger partial charge in [0.2, 0.25) is 0 Å². The van der Waals surface area contributed by atoms with Gasteiger partial charge < -0.3 is 5.32 Å². The summed E-state index contributed by atoms with van der Waals surface area (Å²) in [6, 6.07) is 2.18. The van der Waals surface area contributed by atoms with Crippen LogP contribution in [0.3, 0.4) is 0 Å². The topological polar surface area (TPSA) is 46.2 Å². The van der Waals surface area contributed by atoms with Crippen LogP contribution in [0, 0.1) is 0 Å². The second kappa shape index (κ2) is 6.14. The first-order chi connectivity index (χ1) is 7.42. The highest BCUT2D eigenvalue weighted by atomic mass is 79.9. The molecule has 0 radical (unpaired) electrons. The molecule has 0 bridgehead atoms. The second-order valence-corrected chi connectivity index (χ2v) is 7.81. The first-order valence-corrected chi connectivity index (χ1v) is 8.80. The summed E-state index contributed by atoms with van der Waals surface area (Å²) >= 11 is 5.05. The van der Waals surface area contributed by atoms with Gasteiger partial charge in [0.1, 0.15) is 9.84 Å². The van der Waals surface area contributed by atoms with Gasteiger partial charge in [-0.3, -0.25) is 0 Å². The van der Waals surface area contributed by atoms with Crippen molar-refractivity contribution >= 4 is 37.1 Å². The van der Waals surface area contributed by atoms with E-state index in [0.29, 0.717) is 6.42 Å². The summed E-state index contributed by atoms with van der Waals surface area (Å²) in [5.74, 6) is 0.222. The van der Waals surface area contributed by atoms with Gasteiger partial charge in [0, 0.05) is 27.0 Å². The lowest BCUT2D eigenvalue weighted by molar-refractivity contribution is 0.536. The van der Waals surface area contributed by atoms with Crippen LogP contribution >= 0.6 is 27.3 Å². The van der Waals surface area contributed by atoms with E-state index in [1.165, 1.54) is 11.1 Å². The SMILES string of the molecule is CCNC(CCS(C)(=O)=O)c1cc(Br)cs1. The van der Waals surface area contributed by atoms with E-state index in [0.717, 1.165) is 11.0 Å². The van der Waals surface area contributed by atoms with Crippen LogP contribution in [0.25, 0.3) is 0 Å². The summed E-state index contributed by atoms with van der Waals surface area (Å²) in [4.78, 5) is 1.18. The third kappa shape index (κ3) is 4.95. The highest BCUT2D eigenvalue weighted by Crippen LogP contribution is 2.27. The molecular weight excluding hydrogens is 310 g/mol. The molecule has 6 heteroatoms. The van der Waals surface area contributed by atoms with E-state index in [9.17, 15) is 8.42 Å². The smallest absolute Gasteiger partial charge is 0.147 e. The summed E-state index contributed by atoms with van der Waals surface area (Å²) in [7, 11) is -2.89. The van der Waals surface area contributed by atoms with Gasteiger partial charge in [0.25, 0.3) is 0 Å². The first-order valence-electron chi connectivity index (χ1n) is 5.07. The standard InChI is InChI=1S/C10H16BrNO2S2/c1-3-12-9(4-5-16(2,13)14)10-6-8(11)7-15-10/h6-7,9,12H,3-5H2,1-2H3. The van der Waals surface area contributed by atoms with E-state index < -0.39 is 9.84 Å². The van der Waals surface area contributed by atoms with Crippen LogP contribution in [0.4, 0.5) is 0 Å². The van der Waals surface area contributed by atoms with Crippen LogP contribution in [-0.2, 0) is 9.84 Å². The van der Waals surface area contributed by atoms with Crippen molar-refractivity contribution in [2.24, 2.45) is 0 Å². The Morgan fingerprint density at radius 2 is 2.25 bits per heavy atom. The molecule has 1 atom stereocenters. The molecule has 92 valence electrons. The van der Waals surface area contributed by atoms with Gasteiger partial charge in [0.15, 0.2) is 0 Å². The van der Waals surface area contributed by atoms with Gasteiger partial charge in [-0.25, -0.2) is 8.42 Å². The quantitative estimate of drug-likeness (QED) is 0.874. The Hall–Kier alpha value is 0.0900. The molecule has 1 heterocycles. The minimum atomic E-state index is -2.89. The van der Waals surface area contributed by atoms with Crippen LogP contribution in [0.1, 0.15) is 24.3 Å². The lowest BCUT2D eigenvalue weighted by atomic mass is 10.2. The van der Waals surface area contributed by atoms with Crippen LogP contribution < -0.4 is 5.32 Å².